The van der Waals surface area contributed by atoms with Crippen LogP contribution in [0.2, 0.25) is 0 Å². The summed E-state index contributed by atoms with van der Waals surface area (Å²) >= 11 is 1.68. The third kappa shape index (κ3) is 2.85. The second kappa shape index (κ2) is 4.87. The predicted molar refractivity (Wildman–Crippen MR) is 71.5 cm³/mol. The molecule has 1 N–H and O–H groups in total. The number of hydrogen-bond donors (Lipinski definition) is 1. The fraction of sp³-hybridized carbons (Fsp3) is 0.500. The average molecular weight is 250 g/mol. The van der Waals surface area contributed by atoms with E-state index in [2.05, 4.69) is 45.3 Å². The van der Waals surface area contributed by atoms with E-state index in [9.17, 15) is 0 Å². The second-order valence-electron chi connectivity index (χ2n) is 4.42. The van der Waals surface area contributed by atoms with Gasteiger partial charge in [0.1, 0.15) is 0 Å². The van der Waals surface area contributed by atoms with Crippen molar-refractivity contribution in [3.05, 3.63) is 28.0 Å². The van der Waals surface area contributed by atoms with Gasteiger partial charge in [-0.05, 0) is 27.7 Å². The maximum absolute atomic E-state index is 4.48. The fourth-order valence-electron chi connectivity index (χ4n) is 1.70. The SMILES string of the molecule is Cc1cn(C(C)C)c(NCc2csc(C)n2)n1. The van der Waals surface area contributed by atoms with E-state index < -0.39 is 0 Å². The van der Waals surface area contributed by atoms with Crippen molar-refractivity contribution < 1.29 is 0 Å². The van der Waals surface area contributed by atoms with Gasteiger partial charge in [-0.15, -0.1) is 11.3 Å². The van der Waals surface area contributed by atoms with Crippen molar-refractivity contribution in [1.82, 2.24) is 14.5 Å². The number of hydrogen-bond acceptors (Lipinski definition) is 4. The molecule has 0 radical (unpaired) electrons. The number of aryl methyl sites for hydroxylation is 2. The van der Waals surface area contributed by atoms with Gasteiger partial charge in [-0.1, -0.05) is 0 Å². The van der Waals surface area contributed by atoms with Gasteiger partial charge >= 0.3 is 0 Å². The Morgan fingerprint density at radius 1 is 1.35 bits per heavy atom. The molecular weight excluding hydrogens is 232 g/mol. The average Bonchev–Trinajstić information content (AvgIpc) is 2.82. The largest absolute Gasteiger partial charge is 0.350 e. The minimum atomic E-state index is 0.413. The molecule has 0 aliphatic heterocycles. The summed E-state index contributed by atoms with van der Waals surface area (Å²) in [4.78, 5) is 8.91. The van der Waals surface area contributed by atoms with Gasteiger partial charge in [0, 0.05) is 17.6 Å². The summed E-state index contributed by atoms with van der Waals surface area (Å²) in [5.74, 6) is 0.920. The molecule has 0 atom stereocenters. The first-order valence-electron chi connectivity index (χ1n) is 5.76. The van der Waals surface area contributed by atoms with Gasteiger partial charge in [-0.25, -0.2) is 9.97 Å². The Morgan fingerprint density at radius 3 is 2.71 bits per heavy atom. The molecule has 4 nitrogen and oxygen atoms in total. The first-order valence-corrected chi connectivity index (χ1v) is 6.64. The molecule has 0 saturated heterocycles. The molecule has 2 rings (SSSR count). The molecule has 0 aliphatic carbocycles. The summed E-state index contributed by atoms with van der Waals surface area (Å²) in [5.41, 5.74) is 2.11. The highest BCUT2D eigenvalue weighted by atomic mass is 32.1. The summed E-state index contributed by atoms with van der Waals surface area (Å²) in [6, 6.07) is 0.413. The third-order valence-electron chi connectivity index (χ3n) is 2.50. The van der Waals surface area contributed by atoms with Crippen LogP contribution >= 0.6 is 11.3 Å². The van der Waals surface area contributed by atoms with Crippen LogP contribution < -0.4 is 5.32 Å². The summed E-state index contributed by atoms with van der Waals surface area (Å²) in [6.45, 7) is 9.07. The van der Waals surface area contributed by atoms with Crippen LogP contribution in [0.1, 0.15) is 36.3 Å². The number of thiazole rings is 1. The molecule has 0 unspecified atom stereocenters. The van der Waals surface area contributed by atoms with Crippen LogP contribution in [0.15, 0.2) is 11.6 Å². The lowest BCUT2D eigenvalue weighted by molar-refractivity contribution is 0.604. The Hall–Kier alpha value is -1.36. The second-order valence-corrected chi connectivity index (χ2v) is 5.48. The Morgan fingerprint density at radius 2 is 2.12 bits per heavy atom. The summed E-state index contributed by atoms with van der Waals surface area (Å²) in [5, 5.41) is 6.52. The van der Waals surface area contributed by atoms with E-state index in [-0.39, 0.29) is 0 Å². The van der Waals surface area contributed by atoms with E-state index >= 15 is 0 Å². The molecule has 5 heteroatoms. The van der Waals surface area contributed by atoms with Crippen LogP contribution in [0.3, 0.4) is 0 Å². The Kier molecular flexibility index (Phi) is 3.47. The molecule has 92 valence electrons. The maximum Gasteiger partial charge on any atom is 0.203 e. The number of anilines is 1. The van der Waals surface area contributed by atoms with Gasteiger partial charge in [-0.2, -0.15) is 0 Å². The Bertz CT molecular complexity index is 498. The zero-order chi connectivity index (χ0) is 12.4. The van der Waals surface area contributed by atoms with Crippen molar-refractivity contribution in [2.24, 2.45) is 0 Å². The van der Waals surface area contributed by atoms with Gasteiger partial charge in [0.05, 0.1) is 22.9 Å². The zero-order valence-corrected chi connectivity index (χ0v) is 11.5. The number of nitrogens with zero attached hydrogens (tertiary/aromatic N) is 3. The van der Waals surface area contributed by atoms with Crippen molar-refractivity contribution in [2.75, 3.05) is 5.32 Å². The van der Waals surface area contributed by atoms with Gasteiger partial charge in [0.25, 0.3) is 0 Å². The van der Waals surface area contributed by atoms with E-state index in [1.807, 2.05) is 13.8 Å². The Balaban J connectivity index is 2.08. The quantitative estimate of drug-likeness (QED) is 0.906. The molecule has 0 aliphatic rings. The minimum absolute atomic E-state index is 0.413. The highest BCUT2D eigenvalue weighted by Gasteiger charge is 2.08. The predicted octanol–water partition coefficient (Wildman–Crippen LogP) is 3.15. The van der Waals surface area contributed by atoms with Gasteiger partial charge in [0.15, 0.2) is 0 Å². The smallest absolute Gasteiger partial charge is 0.203 e. The van der Waals surface area contributed by atoms with E-state index in [0.29, 0.717) is 6.04 Å². The van der Waals surface area contributed by atoms with Gasteiger partial charge < -0.3 is 9.88 Å². The van der Waals surface area contributed by atoms with Crippen molar-refractivity contribution in [2.45, 2.75) is 40.3 Å². The first kappa shape index (κ1) is 12.1. The van der Waals surface area contributed by atoms with E-state index in [1.54, 1.807) is 11.3 Å². The molecule has 2 aromatic rings. The van der Waals surface area contributed by atoms with Crippen LogP contribution in [0.5, 0.6) is 0 Å². The molecule has 0 saturated carbocycles. The zero-order valence-electron chi connectivity index (χ0n) is 10.7. The highest BCUT2D eigenvalue weighted by Crippen LogP contribution is 2.16. The van der Waals surface area contributed by atoms with E-state index in [1.165, 1.54) is 0 Å². The molecule has 0 bridgehead atoms. The van der Waals surface area contributed by atoms with Crippen molar-refractivity contribution in [3.8, 4) is 0 Å². The molecular formula is C12H18N4S. The number of nitrogens with one attached hydrogen (secondary N) is 1. The minimum Gasteiger partial charge on any atom is -0.350 e. The molecule has 0 amide bonds. The first-order chi connectivity index (χ1) is 8.06. The maximum atomic E-state index is 4.48. The monoisotopic (exact) mass is 250 g/mol. The van der Waals surface area contributed by atoms with E-state index in [0.717, 1.165) is 28.9 Å². The summed E-state index contributed by atoms with van der Waals surface area (Å²) < 4.78 is 2.15. The number of rotatable bonds is 4. The normalized spacial score (nSPS) is 11.1. The molecule has 17 heavy (non-hydrogen) atoms. The number of imidazole rings is 1. The van der Waals surface area contributed by atoms with Crippen LogP contribution in [-0.2, 0) is 6.54 Å². The molecule has 2 heterocycles. The van der Waals surface area contributed by atoms with Gasteiger partial charge in [0.2, 0.25) is 5.95 Å². The van der Waals surface area contributed by atoms with Crippen LogP contribution in [-0.4, -0.2) is 14.5 Å². The van der Waals surface area contributed by atoms with Crippen molar-refractivity contribution in [1.29, 1.82) is 0 Å². The molecule has 2 aromatic heterocycles. The lowest BCUT2D eigenvalue weighted by Gasteiger charge is -2.11. The lowest BCUT2D eigenvalue weighted by Crippen LogP contribution is -2.08. The molecule has 0 aromatic carbocycles. The summed E-state index contributed by atoms with van der Waals surface area (Å²) in [7, 11) is 0. The van der Waals surface area contributed by atoms with Crippen molar-refractivity contribution in [3.63, 3.8) is 0 Å². The number of aromatic nitrogens is 3. The summed E-state index contributed by atoms with van der Waals surface area (Å²) in [6.07, 6.45) is 2.07. The highest BCUT2D eigenvalue weighted by molar-refractivity contribution is 7.09. The van der Waals surface area contributed by atoms with Crippen LogP contribution in [0.4, 0.5) is 5.95 Å². The topological polar surface area (TPSA) is 42.7 Å². The fourth-order valence-corrected chi connectivity index (χ4v) is 2.31. The molecule has 0 fully saturated rings. The van der Waals surface area contributed by atoms with Crippen LogP contribution in [0.25, 0.3) is 0 Å². The third-order valence-corrected chi connectivity index (χ3v) is 3.33. The van der Waals surface area contributed by atoms with Gasteiger partial charge in [-0.3, -0.25) is 0 Å². The molecule has 0 spiro atoms. The lowest BCUT2D eigenvalue weighted by atomic mass is 10.4. The standard InChI is InChI=1S/C12H18N4S/c1-8(2)16-6-9(3)14-12(16)13-5-11-7-17-10(4)15-11/h6-8H,5H2,1-4H3,(H,13,14). The van der Waals surface area contributed by atoms with Crippen LogP contribution in [0, 0.1) is 13.8 Å². The van der Waals surface area contributed by atoms with Crippen molar-refractivity contribution >= 4 is 17.3 Å². The Labute approximate surface area is 106 Å². The van der Waals surface area contributed by atoms with E-state index in [4.69, 9.17) is 0 Å².